The van der Waals surface area contributed by atoms with E-state index in [1.54, 1.807) is 4.57 Å². The van der Waals surface area contributed by atoms with Gasteiger partial charge in [0.25, 0.3) is 5.56 Å². The van der Waals surface area contributed by atoms with Gasteiger partial charge in [0.2, 0.25) is 5.91 Å². The molecule has 2 aromatic heterocycles. The number of para-hydroxylation sites is 1. The van der Waals surface area contributed by atoms with E-state index < -0.39 is 0 Å². The lowest BCUT2D eigenvalue weighted by Gasteiger charge is -2.15. The number of fused-ring (bicyclic) bond motifs is 1. The van der Waals surface area contributed by atoms with Gasteiger partial charge < -0.3 is 10.3 Å². The Morgan fingerprint density at radius 2 is 1.81 bits per heavy atom. The van der Waals surface area contributed by atoms with Crippen molar-refractivity contribution in [3.05, 3.63) is 88.3 Å². The van der Waals surface area contributed by atoms with Crippen molar-refractivity contribution >= 4 is 28.7 Å². The SMILES string of the molecule is Cc1cc2nc(SCC(=O)NC(C)CCc3ccccc3)n(-c3ccccc3)c(=O)c2[nH]1. The zero-order valence-electron chi connectivity index (χ0n) is 18.2. The monoisotopic (exact) mass is 446 g/mol. The van der Waals surface area contributed by atoms with Gasteiger partial charge in [0.05, 0.1) is 17.0 Å². The molecular formula is C25H26N4O2S. The van der Waals surface area contributed by atoms with Gasteiger partial charge in [-0.2, -0.15) is 0 Å². The number of hydrogen-bond acceptors (Lipinski definition) is 4. The summed E-state index contributed by atoms with van der Waals surface area (Å²) < 4.78 is 1.56. The predicted octanol–water partition coefficient (Wildman–Crippen LogP) is 4.25. The number of H-pyrrole nitrogens is 1. The number of thioether (sulfide) groups is 1. The second kappa shape index (κ2) is 9.87. The first-order valence-corrected chi connectivity index (χ1v) is 11.6. The number of amides is 1. The third kappa shape index (κ3) is 5.11. The molecule has 0 aliphatic heterocycles. The Labute approximate surface area is 191 Å². The van der Waals surface area contributed by atoms with Gasteiger partial charge in [0, 0.05) is 11.7 Å². The molecule has 6 nitrogen and oxygen atoms in total. The molecule has 164 valence electrons. The number of aryl methyl sites for hydroxylation is 2. The smallest absolute Gasteiger partial charge is 0.283 e. The van der Waals surface area contributed by atoms with Crippen molar-refractivity contribution in [1.29, 1.82) is 0 Å². The molecule has 2 N–H and O–H groups in total. The number of hydrogen-bond donors (Lipinski definition) is 2. The van der Waals surface area contributed by atoms with Crippen molar-refractivity contribution in [3.63, 3.8) is 0 Å². The van der Waals surface area contributed by atoms with Gasteiger partial charge in [0.1, 0.15) is 5.52 Å². The van der Waals surface area contributed by atoms with Crippen molar-refractivity contribution < 1.29 is 4.79 Å². The van der Waals surface area contributed by atoms with Crippen LogP contribution in [0, 0.1) is 6.92 Å². The number of nitrogens with one attached hydrogen (secondary N) is 2. The van der Waals surface area contributed by atoms with Crippen LogP contribution in [0.5, 0.6) is 0 Å². The van der Waals surface area contributed by atoms with Crippen molar-refractivity contribution in [1.82, 2.24) is 19.9 Å². The molecule has 32 heavy (non-hydrogen) atoms. The summed E-state index contributed by atoms with van der Waals surface area (Å²) in [4.78, 5) is 33.5. The average Bonchev–Trinajstić information content (AvgIpc) is 3.18. The molecule has 1 unspecified atom stereocenters. The van der Waals surface area contributed by atoms with Crippen LogP contribution < -0.4 is 10.9 Å². The highest BCUT2D eigenvalue weighted by Gasteiger charge is 2.17. The van der Waals surface area contributed by atoms with Crippen molar-refractivity contribution in [3.8, 4) is 5.69 Å². The molecular weight excluding hydrogens is 420 g/mol. The van der Waals surface area contributed by atoms with E-state index in [1.807, 2.05) is 68.4 Å². The van der Waals surface area contributed by atoms with E-state index in [9.17, 15) is 9.59 Å². The number of nitrogens with zero attached hydrogens (tertiary/aromatic N) is 2. The number of aromatic nitrogens is 3. The lowest BCUT2D eigenvalue weighted by molar-refractivity contribution is -0.119. The Balaban J connectivity index is 1.47. The molecule has 2 aromatic carbocycles. The van der Waals surface area contributed by atoms with E-state index in [1.165, 1.54) is 17.3 Å². The summed E-state index contributed by atoms with van der Waals surface area (Å²) in [5, 5.41) is 3.55. The molecule has 1 amide bonds. The fourth-order valence-corrected chi connectivity index (χ4v) is 4.45. The Morgan fingerprint density at radius 1 is 1.12 bits per heavy atom. The highest BCUT2D eigenvalue weighted by Crippen LogP contribution is 2.21. The van der Waals surface area contributed by atoms with Crippen LogP contribution in [0.2, 0.25) is 0 Å². The van der Waals surface area contributed by atoms with Crippen LogP contribution in [-0.2, 0) is 11.2 Å². The lowest BCUT2D eigenvalue weighted by Crippen LogP contribution is -2.34. The fraction of sp³-hybridized carbons (Fsp3) is 0.240. The third-order valence-electron chi connectivity index (χ3n) is 5.22. The number of aromatic amines is 1. The molecule has 1 atom stereocenters. The normalized spacial score (nSPS) is 12.1. The molecule has 7 heteroatoms. The molecule has 0 saturated carbocycles. The lowest BCUT2D eigenvalue weighted by atomic mass is 10.1. The van der Waals surface area contributed by atoms with Crippen LogP contribution in [0.15, 0.2) is 76.7 Å². The summed E-state index contributed by atoms with van der Waals surface area (Å²) in [6.45, 7) is 3.91. The molecule has 0 aliphatic rings. The van der Waals surface area contributed by atoms with Gasteiger partial charge in [-0.3, -0.25) is 14.2 Å². The highest BCUT2D eigenvalue weighted by molar-refractivity contribution is 7.99. The summed E-state index contributed by atoms with van der Waals surface area (Å²) in [6.07, 6.45) is 1.77. The topological polar surface area (TPSA) is 79.8 Å². The second-order valence-electron chi connectivity index (χ2n) is 7.86. The van der Waals surface area contributed by atoms with E-state index in [0.29, 0.717) is 16.2 Å². The van der Waals surface area contributed by atoms with E-state index >= 15 is 0 Å². The van der Waals surface area contributed by atoms with Crippen LogP contribution in [0.3, 0.4) is 0 Å². The van der Waals surface area contributed by atoms with Gasteiger partial charge in [-0.1, -0.05) is 60.3 Å². The van der Waals surface area contributed by atoms with Gasteiger partial charge in [0.15, 0.2) is 5.16 Å². The van der Waals surface area contributed by atoms with E-state index in [-0.39, 0.29) is 23.3 Å². The fourth-order valence-electron chi connectivity index (χ4n) is 3.63. The van der Waals surface area contributed by atoms with Crippen LogP contribution in [-0.4, -0.2) is 32.2 Å². The zero-order valence-corrected chi connectivity index (χ0v) is 19.0. The summed E-state index contributed by atoms with van der Waals surface area (Å²) in [7, 11) is 0. The van der Waals surface area contributed by atoms with Crippen LogP contribution in [0.25, 0.3) is 16.7 Å². The molecule has 2 heterocycles. The first-order chi connectivity index (χ1) is 15.5. The number of rotatable bonds is 8. The van der Waals surface area contributed by atoms with Gasteiger partial charge in [-0.25, -0.2) is 4.98 Å². The average molecular weight is 447 g/mol. The van der Waals surface area contributed by atoms with Gasteiger partial charge >= 0.3 is 0 Å². The minimum atomic E-state index is -0.173. The van der Waals surface area contributed by atoms with Crippen LogP contribution in [0.4, 0.5) is 0 Å². The largest absolute Gasteiger partial charge is 0.353 e. The van der Waals surface area contributed by atoms with E-state index in [4.69, 9.17) is 0 Å². The highest BCUT2D eigenvalue weighted by atomic mass is 32.2. The summed E-state index contributed by atoms with van der Waals surface area (Å²) in [5.41, 5.74) is 3.76. The molecule has 0 bridgehead atoms. The number of carbonyl (C=O) groups excluding carboxylic acids is 1. The van der Waals surface area contributed by atoms with Crippen LogP contribution >= 0.6 is 11.8 Å². The molecule has 0 fully saturated rings. The predicted molar refractivity (Wildman–Crippen MR) is 130 cm³/mol. The zero-order chi connectivity index (χ0) is 22.5. The maximum Gasteiger partial charge on any atom is 0.283 e. The number of benzene rings is 2. The van der Waals surface area contributed by atoms with E-state index in [0.717, 1.165) is 24.2 Å². The van der Waals surface area contributed by atoms with Crippen molar-refractivity contribution in [2.24, 2.45) is 0 Å². The number of carbonyl (C=O) groups is 1. The molecule has 4 aromatic rings. The Morgan fingerprint density at radius 3 is 2.53 bits per heavy atom. The quantitative estimate of drug-likeness (QED) is 0.313. The standard InChI is InChI=1S/C25H26N4O2S/c1-17(13-14-19-9-5-3-6-10-19)26-22(30)16-32-25-28-21-15-18(2)27-23(21)24(31)29(25)20-11-7-4-8-12-20/h3-12,15,17,27H,13-14,16H2,1-2H3,(H,26,30). The molecule has 0 radical (unpaired) electrons. The minimum Gasteiger partial charge on any atom is -0.353 e. The van der Waals surface area contributed by atoms with Crippen molar-refractivity contribution in [2.75, 3.05) is 5.75 Å². The Bertz CT molecular complexity index is 1270. The maximum absolute atomic E-state index is 13.2. The maximum atomic E-state index is 13.2. The molecule has 0 spiro atoms. The first-order valence-electron chi connectivity index (χ1n) is 10.6. The van der Waals surface area contributed by atoms with Gasteiger partial charge in [-0.15, -0.1) is 0 Å². The van der Waals surface area contributed by atoms with E-state index in [2.05, 4.69) is 27.4 Å². The van der Waals surface area contributed by atoms with Gasteiger partial charge in [-0.05, 0) is 50.5 Å². The summed E-state index contributed by atoms with van der Waals surface area (Å²) in [6, 6.07) is 21.5. The third-order valence-corrected chi connectivity index (χ3v) is 6.16. The molecule has 0 saturated heterocycles. The summed E-state index contributed by atoms with van der Waals surface area (Å²) >= 11 is 1.27. The second-order valence-corrected chi connectivity index (χ2v) is 8.81. The molecule has 0 aliphatic carbocycles. The van der Waals surface area contributed by atoms with Crippen LogP contribution in [0.1, 0.15) is 24.6 Å². The van der Waals surface area contributed by atoms with Crippen molar-refractivity contribution in [2.45, 2.75) is 37.9 Å². The molecule has 4 rings (SSSR count). The Hall–Kier alpha value is -3.32. The first kappa shape index (κ1) is 21.9. The minimum absolute atomic E-state index is 0.0578. The Kier molecular flexibility index (Phi) is 6.75. The summed E-state index contributed by atoms with van der Waals surface area (Å²) in [5.74, 6) is 0.110.